The summed E-state index contributed by atoms with van der Waals surface area (Å²) in [5.74, 6) is 7.50. The number of nitrogens with two attached hydrogens (primary N) is 1. The summed E-state index contributed by atoms with van der Waals surface area (Å²) in [6.45, 7) is 1.87. The highest BCUT2D eigenvalue weighted by molar-refractivity contribution is 7.98. The first-order valence-corrected chi connectivity index (χ1v) is 6.63. The van der Waals surface area contributed by atoms with Crippen LogP contribution in [0.4, 0.5) is 0 Å². The van der Waals surface area contributed by atoms with Crippen LogP contribution in [0, 0.1) is 6.92 Å². The van der Waals surface area contributed by atoms with Gasteiger partial charge in [-0.1, -0.05) is 11.8 Å². The molecule has 0 aliphatic heterocycles. The molecule has 19 heavy (non-hydrogen) atoms. The molecule has 0 saturated heterocycles. The highest BCUT2D eigenvalue weighted by Gasteiger charge is 2.07. The van der Waals surface area contributed by atoms with Crippen LogP contribution < -0.4 is 10.6 Å². The van der Waals surface area contributed by atoms with Gasteiger partial charge in [-0.3, -0.25) is 5.10 Å². The van der Waals surface area contributed by atoms with Crippen LogP contribution in [0.1, 0.15) is 17.0 Å². The number of hydrogen-bond donors (Lipinski definition) is 2. The van der Waals surface area contributed by atoms with E-state index in [0.29, 0.717) is 5.75 Å². The molecule has 0 radical (unpaired) electrons. The Hall–Kier alpha value is -2.02. The van der Waals surface area contributed by atoms with Gasteiger partial charge in [-0.25, -0.2) is 4.98 Å². The summed E-state index contributed by atoms with van der Waals surface area (Å²) in [6.07, 6.45) is 1.60. The first kappa shape index (κ1) is 13.4. The average molecular weight is 277 g/mol. The van der Waals surface area contributed by atoms with Crippen molar-refractivity contribution < 1.29 is 4.74 Å². The van der Waals surface area contributed by atoms with Gasteiger partial charge in [0.2, 0.25) is 5.16 Å². The molecule has 0 amide bonds. The molecule has 7 heteroatoms. The number of nitrogens with one attached hydrogen (secondary N) is 1. The molecule has 0 aliphatic carbocycles. The molecule has 100 valence electrons. The minimum absolute atomic E-state index is 0.715. The lowest BCUT2D eigenvalue weighted by atomic mass is 10.1. The Morgan fingerprint density at radius 1 is 1.53 bits per heavy atom. The third kappa shape index (κ3) is 3.47. The van der Waals surface area contributed by atoms with E-state index in [1.54, 1.807) is 25.1 Å². The highest BCUT2D eigenvalue weighted by Crippen LogP contribution is 2.26. The summed E-state index contributed by atoms with van der Waals surface area (Å²) in [5.41, 5.74) is 1.98. The Morgan fingerprint density at radius 3 is 3.00 bits per heavy atom. The molecule has 2 rings (SSSR count). The zero-order valence-electron chi connectivity index (χ0n) is 10.8. The van der Waals surface area contributed by atoms with Crippen LogP contribution in [0.15, 0.2) is 28.5 Å². The molecular formula is C12H15N5OS. The van der Waals surface area contributed by atoms with Crippen LogP contribution in [-0.2, 0) is 5.75 Å². The van der Waals surface area contributed by atoms with Gasteiger partial charge in [0.25, 0.3) is 0 Å². The molecule has 0 unspecified atom stereocenters. The Bertz CT molecular complexity index is 581. The standard InChI is InChI=1S/C12H15N5OS/c1-8-15-12(17-16-8)19-7-10-5-9(6-14-13)3-4-11(10)18-2/h3-6H,7,13H2,1-2H3,(H,15,16,17). The molecule has 1 aromatic carbocycles. The van der Waals surface area contributed by atoms with E-state index < -0.39 is 0 Å². The fourth-order valence-corrected chi connectivity index (χ4v) is 2.43. The minimum Gasteiger partial charge on any atom is -0.496 e. The maximum Gasteiger partial charge on any atom is 0.208 e. The summed E-state index contributed by atoms with van der Waals surface area (Å²) in [5, 5.41) is 11.1. The second-order valence-corrected chi connectivity index (χ2v) is 4.78. The number of hydrazone groups is 1. The second-order valence-electron chi connectivity index (χ2n) is 3.84. The maximum absolute atomic E-state index is 5.33. The van der Waals surface area contributed by atoms with E-state index in [2.05, 4.69) is 20.3 Å². The molecule has 0 fully saturated rings. The van der Waals surface area contributed by atoms with Crippen molar-refractivity contribution in [2.45, 2.75) is 17.8 Å². The van der Waals surface area contributed by atoms with Crippen LogP contribution in [0.2, 0.25) is 0 Å². The van der Waals surface area contributed by atoms with E-state index >= 15 is 0 Å². The summed E-state index contributed by atoms with van der Waals surface area (Å²) in [4.78, 5) is 4.25. The third-order valence-electron chi connectivity index (χ3n) is 2.46. The zero-order chi connectivity index (χ0) is 13.7. The van der Waals surface area contributed by atoms with Crippen molar-refractivity contribution in [3.8, 4) is 5.75 Å². The smallest absolute Gasteiger partial charge is 0.208 e. The van der Waals surface area contributed by atoms with Gasteiger partial charge in [-0.15, -0.1) is 5.10 Å². The number of ether oxygens (including phenoxy) is 1. The largest absolute Gasteiger partial charge is 0.496 e. The van der Waals surface area contributed by atoms with Crippen molar-refractivity contribution in [2.75, 3.05) is 7.11 Å². The van der Waals surface area contributed by atoms with Crippen LogP contribution >= 0.6 is 11.8 Å². The van der Waals surface area contributed by atoms with E-state index in [1.165, 1.54) is 0 Å². The van der Waals surface area contributed by atoms with E-state index in [9.17, 15) is 0 Å². The Balaban J connectivity index is 2.15. The number of hydrogen-bond acceptors (Lipinski definition) is 6. The number of aromatic nitrogens is 3. The average Bonchev–Trinajstić information content (AvgIpc) is 2.83. The summed E-state index contributed by atoms with van der Waals surface area (Å²) >= 11 is 1.54. The number of H-pyrrole nitrogens is 1. The molecule has 6 nitrogen and oxygen atoms in total. The lowest BCUT2D eigenvalue weighted by Crippen LogP contribution is -1.94. The van der Waals surface area contributed by atoms with Gasteiger partial charge in [0.15, 0.2) is 0 Å². The van der Waals surface area contributed by atoms with Crippen molar-refractivity contribution >= 4 is 18.0 Å². The van der Waals surface area contributed by atoms with E-state index in [4.69, 9.17) is 10.6 Å². The lowest BCUT2D eigenvalue weighted by Gasteiger charge is -2.08. The summed E-state index contributed by atoms with van der Waals surface area (Å²) < 4.78 is 5.33. The Morgan fingerprint density at radius 2 is 2.37 bits per heavy atom. The van der Waals surface area contributed by atoms with Crippen molar-refractivity contribution in [1.82, 2.24) is 15.2 Å². The molecule has 0 aliphatic rings. The van der Waals surface area contributed by atoms with Crippen molar-refractivity contribution in [1.29, 1.82) is 0 Å². The fourth-order valence-electron chi connectivity index (χ4n) is 1.61. The molecule has 2 aromatic rings. The fraction of sp³-hybridized carbons (Fsp3) is 0.250. The highest BCUT2D eigenvalue weighted by atomic mass is 32.2. The predicted molar refractivity (Wildman–Crippen MR) is 75.5 cm³/mol. The van der Waals surface area contributed by atoms with Crippen molar-refractivity contribution in [2.24, 2.45) is 10.9 Å². The molecule has 0 bridgehead atoms. The normalized spacial score (nSPS) is 11.1. The van der Waals surface area contributed by atoms with E-state index in [0.717, 1.165) is 27.9 Å². The van der Waals surface area contributed by atoms with Gasteiger partial charge >= 0.3 is 0 Å². The van der Waals surface area contributed by atoms with E-state index in [1.807, 2.05) is 25.1 Å². The number of benzene rings is 1. The van der Waals surface area contributed by atoms with E-state index in [-0.39, 0.29) is 0 Å². The molecule has 0 atom stereocenters. The predicted octanol–water partition coefficient (Wildman–Crippen LogP) is 1.71. The van der Waals surface area contributed by atoms with Gasteiger partial charge in [0.05, 0.1) is 13.3 Å². The van der Waals surface area contributed by atoms with Crippen molar-refractivity contribution in [3.63, 3.8) is 0 Å². The molecule has 1 heterocycles. The molecule has 1 aromatic heterocycles. The second kappa shape index (κ2) is 6.24. The molecular weight excluding hydrogens is 262 g/mol. The quantitative estimate of drug-likeness (QED) is 0.376. The van der Waals surface area contributed by atoms with Crippen LogP contribution in [0.25, 0.3) is 0 Å². The van der Waals surface area contributed by atoms with Gasteiger partial charge in [-0.05, 0) is 30.7 Å². The van der Waals surface area contributed by atoms with Crippen LogP contribution in [-0.4, -0.2) is 28.5 Å². The third-order valence-corrected chi connectivity index (χ3v) is 3.36. The lowest BCUT2D eigenvalue weighted by molar-refractivity contribution is 0.411. The molecule has 0 spiro atoms. The monoisotopic (exact) mass is 277 g/mol. The van der Waals surface area contributed by atoms with Crippen molar-refractivity contribution in [3.05, 3.63) is 35.2 Å². The first-order chi connectivity index (χ1) is 9.22. The zero-order valence-corrected chi connectivity index (χ0v) is 11.6. The summed E-state index contributed by atoms with van der Waals surface area (Å²) in [7, 11) is 1.65. The maximum atomic E-state index is 5.33. The number of thioether (sulfide) groups is 1. The van der Waals surface area contributed by atoms with Crippen LogP contribution in [0.3, 0.4) is 0 Å². The number of aromatic amines is 1. The van der Waals surface area contributed by atoms with Gasteiger partial charge in [0.1, 0.15) is 11.6 Å². The first-order valence-electron chi connectivity index (χ1n) is 5.65. The minimum atomic E-state index is 0.715. The van der Waals surface area contributed by atoms with Gasteiger partial charge < -0.3 is 10.6 Å². The topological polar surface area (TPSA) is 89.2 Å². The Kier molecular flexibility index (Phi) is 4.40. The SMILES string of the molecule is COc1ccc(C=NN)cc1CSc1n[nH]c(C)n1. The number of nitrogens with zero attached hydrogens (tertiary/aromatic N) is 3. The van der Waals surface area contributed by atoms with Gasteiger partial charge in [-0.2, -0.15) is 5.10 Å². The summed E-state index contributed by atoms with van der Waals surface area (Å²) in [6, 6.07) is 5.79. The van der Waals surface area contributed by atoms with Crippen LogP contribution in [0.5, 0.6) is 5.75 Å². The Labute approximate surface area is 115 Å². The number of methoxy groups -OCH3 is 1. The molecule has 0 saturated carbocycles. The number of rotatable bonds is 5. The molecule has 3 N–H and O–H groups in total. The van der Waals surface area contributed by atoms with Gasteiger partial charge in [0, 0.05) is 11.3 Å². The number of aryl methyl sites for hydroxylation is 1.